The second-order valence-corrected chi connectivity index (χ2v) is 2.61. The van der Waals surface area contributed by atoms with Gasteiger partial charge in [0.25, 0.3) is 5.69 Å². The number of alkyl halides is 1. The van der Waals surface area contributed by atoms with E-state index in [1.807, 2.05) is 6.07 Å². The lowest BCUT2D eigenvalue weighted by atomic mass is 10.1. The van der Waals surface area contributed by atoms with Crippen LogP contribution in [-0.2, 0) is 5.88 Å². The average molecular weight is 197 g/mol. The van der Waals surface area contributed by atoms with Crippen LogP contribution in [0.4, 0.5) is 5.69 Å². The van der Waals surface area contributed by atoms with Crippen LogP contribution in [0.5, 0.6) is 0 Å². The Hall–Kier alpha value is -1.60. The molecule has 1 rings (SSSR count). The first kappa shape index (κ1) is 9.49. The van der Waals surface area contributed by atoms with Crippen molar-refractivity contribution in [2.24, 2.45) is 0 Å². The van der Waals surface area contributed by atoms with Gasteiger partial charge in [-0.25, -0.2) is 0 Å². The highest BCUT2D eigenvalue weighted by Crippen LogP contribution is 2.18. The summed E-state index contributed by atoms with van der Waals surface area (Å²) in [6, 6.07) is 5.90. The minimum absolute atomic E-state index is 0.0466. The number of non-ortho nitro benzene ring substituents is 1. The van der Waals surface area contributed by atoms with Crippen molar-refractivity contribution in [2.75, 3.05) is 0 Å². The molecule has 0 bridgehead atoms. The smallest absolute Gasteiger partial charge is 0.258 e. The van der Waals surface area contributed by atoms with Gasteiger partial charge in [0, 0.05) is 18.0 Å². The normalized spacial score (nSPS) is 9.23. The second-order valence-electron chi connectivity index (χ2n) is 2.34. The number of nitrogens with zero attached hydrogens (tertiary/aromatic N) is 2. The molecule has 66 valence electrons. The molecule has 0 spiro atoms. The number of halogens is 1. The molecular weight excluding hydrogens is 192 g/mol. The number of nitro groups is 1. The summed E-state index contributed by atoms with van der Waals surface area (Å²) < 4.78 is 0. The number of rotatable bonds is 2. The summed E-state index contributed by atoms with van der Waals surface area (Å²) in [5.41, 5.74) is 0.814. The standard InChI is InChI=1S/C8H5ClN2O2/c9-4-7-3-8(11(12)13)2-1-6(7)5-10/h1-3H,4H2. The van der Waals surface area contributed by atoms with E-state index in [9.17, 15) is 10.1 Å². The van der Waals surface area contributed by atoms with Gasteiger partial charge in [-0.1, -0.05) is 0 Å². The van der Waals surface area contributed by atoms with Crippen LogP contribution in [0.1, 0.15) is 11.1 Å². The molecule has 0 radical (unpaired) electrons. The summed E-state index contributed by atoms with van der Waals surface area (Å²) >= 11 is 5.51. The molecule has 5 heteroatoms. The topological polar surface area (TPSA) is 66.9 Å². The van der Waals surface area contributed by atoms with Crippen molar-refractivity contribution in [1.82, 2.24) is 0 Å². The quantitative estimate of drug-likeness (QED) is 0.414. The predicted octanol–water partition coefficient (Wildman–Crippen LogP) is 2.21. The summed E-state index contributed by atoms with van der Waals surface area (Å²) in [5.74, 6) is 0.102. The molecule has 0 N–H and O–H groups in total. The predicted molar refractivity (Wildman–Crippen MR) is 47.4 cm³/mol. The SMILES string of the molecule is N#Cc1ccc([N+](=O)[O-])cc1CCl. The molecule has 1 aromatic carbocycles. The summed E-state index contributed by atoms with van der Waals surface area (Å²) in [5, 5.41) is 18.9. The van der Waals surface area contributed by atoms with E-state index < -0.39 is 4.92 Å². The van der Waals surface area contributed by atoms with E-state index in [-0.39, 0.29) is 11.6 Å². The van der Waals surface area contributed by atoms with Gasteiger partial charge in [0.15, 0.2) is 0 Å². The molecule has 13 heavy (non-hydrogen) atoms. The van der Waals surface area contributed by atoms with Crippen molar-refractivity contribution in [2.45, 2.75) is 5.88 Å². The van der Waals surface area contributed by atoms with Gasteiger partial charge in [-0.05, 0) is 11.6 Å². The van der Waals surface area contributed by atoms with Crippen LogP contribution in [0.3, 0.4) is 0 Å². The molecule has 0 saturated heterocycles. The molecule has 0 heterocycles. The van der Waals surface area contributed by atoms with Crippen LogP contribution in [0.15, 0.2) is 18.2 Å². The average Bonchev–Trinajstić information content (AvgIpc) is 2.16. The highest BCUT2D eigenvalue weighted by molar-refractivity contribution is 6.17. The lowest BCUT2D eigenvalue weighted by molar-refractivity contribution is -0.384. The minimum Gasteiger partial charge on any atom is -0.258 e. The fourth-order valence-corrected chi connectivity index (χ4v) is 1.13. The lowest BCUT2D eigenvalue weighted by Gasteiger charge is -1.97. The first-order chi connectivity index (χ1) is 6.19. The fraction of sp³-hybridized carbons (Fsp3) is 0.125. The fourth-order valence-electron chi connectivity index (χ4n) is 0.913. The van der Waals surface area contributed by atoms with Crippen molar-refractivity contribution < 1.29 is 4.92 Å². The van der Waals surface area contributed by atoms with Crippen LogP contribution in [0, 0.1) is 21.4 Å². The zero-order valence-electron chi connectivity index (χ0n) is 6.53. The van der Waals surface area contributed by atoms with Gasteiger partial charge in [-0.2, -0.15) is 5.26 Å². The van der Waals surface area contributed by atoms with Gasteiger partial charge < -0.3 is 0 Å². The Labute approximate surface area is 79.5 Å². The first-order valence-corrected chi connectivity index (χ1v) is 3.96. The van der Waals surface area contributed by atoms with E-state index in [0.29, 0.717) is 11.1 Å². The third-order valence-corrected chi connectivity index (χ3v) is 1.85. The van der Waals surface area contributed by atoms with Crippen molar-refractivity contribution in [3.63, 3.8) is 0 Å². The monoisotopic (exact) mass is 196 g/mol. The third kappa shape index (κ3) is 1.95. The maximum absolute atomic E-state index is 10.3. The van der Waals surface area contributed by atoms with E-state index in [1.165, 1.54) is 18.2 Å². The maximum Gasteiger partial charge on any atom is 0.269 e. The molecule has 0 saturated carbocycles. The number of nitro benzene ring substituents is 1. The van der Waals surface area contributed by atoms with Crippen LogP contribution in [0.25, 0.3) is 0 Å². The summed E-state index contributed by atoms with van der Waals surface area (Å²) in [4.78, 5) is 9.83. The van der Waals surface area contributed by atoms with Gasteiger partial charge in [-0.3, -0.25) is 10.1 Å². The molecule has 0 amide bonds. The van der Waals surface area contributed by atoms with E-state index in [1.54, 1.807) is 0 Å². The molecular formula is C8H5ClN2O2. The Bertz CT molecular complexity index is 384. The zero-order chi connectivity index (χ0) is 9.84. The minimum atomic E-state index is -0.517. The van der Waals surface area contributed by atoms with Crippen LogP contribution < -0.4 is 0 Å². The van der Waals surface area contributed by atoms with Crippen LogP contribution in [-0.4, -0.2) is 4.92 Å². The van der Waals surface area contributed by atoms with E-state index in [0.717, 1.165) is 0 Å². The van der Waals surface area contributed by atoms with Crippen LogP contribution in [0.2, 0.25) is 0 Å². The first-order valence-electron chi connectivity index (χ1n) is 3.42. The van der Waals surface area contributed by atoms with Crippen molar-refractivity contribution >= 4 is 17.3 Å². The largest absolute Gasteiger partial charge is 0.269 e. The zero-order valence-corrected chi connectivity index (χ0v) is 7.28. The van der Waals surface area contributed by atoms with Gasteiger partial charge >= 0.3 is 0 Å². The summed E-state index contributed by atoms with van der Waals surface area (Å²) in [7, 11) is 0. The third-order valence-electron chi connectivity index (χ3n) is 1.56. The van der Waals surface area contributed by atoms with E-state index >= 15 is 0 Å². The Morgan fingerprint density at radius 1 is 1.62 bits per heavy atom. The Kier molecular flexibility index (Phi) is 2.83. The second kappa shape index (κ2) is 3.87. The Balaban J connectivity index is 3.23. The highest BCUT2D eigenvalue weighted by atomic mass is 35.5. The number of nitriles is 1. The van der Waals surface area contributed by atoms with E-state index in [4.69, 9.17) is 16.9 Å². The van der Waals surface area contributed by atoms with E-state index in [2.05, 4.69) is 0 Å². The van der Waals surface area contributed by atoms with Gasteiger partial charge in [0.2, 0.25) is 0 Å². The summed E-state index contributed by atoms with van der Waals surface area (Å²) in [6.45, 7) is 0. The molecule has 0 aromatic heterocycles. The van der Waals surface area contributed by atoms with Gasteiger partial charge in [0.1, 0.15) is 0 Å². The molecule has 0 aliphatic heterocycles. The molecule has 4 nitrogen and oxygen atoms in total. The number of hydrogen-bond acceptors (Lipinski definition) is 3. The molecule has 0 aliphatic rings. The molecule has 0 aliphatic carbocycles. The van der Waals surface area contributed by atoms with Crippen LogP contribution >= 0.6 is 11.6 Å². The molecule has 0 atom stereocenters. The highest BCUT2D eigenvalue weighted by Gasteiger charge is 2.09. The lowest BCUT2D eigenvalue weighted by Crippen LogP contribution is -1.91. The molecule has 1 aromatic rings. The molecule has 0 fully saturated rings. The summed E-state index contributed by atoms with van der Waals surface area (Å²) in [6.07, 6.45) is 0. The Morgan fingerprint density at radius 3 is 2.77 bits per heavy atom. The maximum atomic E-state index is 10.3. The van der Waals surface area contributed by atoms with Crippen molar-refractivity contribution in [3.8, 4) is 6.07 Å². The van der Waals surface area contributed by atoms with Crippen molar-refractivity contribution in [3.05, 3.63) is 39.4 Å². The Morgan fingerprint density at radius 2 is 2.31 bits per heavy atom. The molecule has 0 unspecified atom stereocenters. The number of benzene rings is 1. The van der Waals surface area contributed by atoms with Crippen molar-refractivity contribution in [1.29, 1.82) is 5.26 Å². The van der Waals surface area contributed by atoms with Gasteiger partial charge in [0.05, 0.1) is 16.6 Å². The number of hydrogen-bond donors (Lipinski definition) is 0. The van der Waals surface area contributed by atoms with Gasteiger partial charge in [-0.15, -0.1) is 11.6 Å².